The molecular weight excluding hydrogens is 362 g/mol. The fourth-order valence-corrected chi connectivity index (χ4v) is 3.27. The number of anilines is 1. The summed E-state index contributed by atoms with van der Waals surface area (Å²) in [6, 6.07) is 16.2. The Hall–Kier alpha value is -2.17. The van der Waals surface area contributed by atoms with E-state index in [1.807, 2.05) is 36.6 Å². The van der Waals surface area contributed by atoms with Gasteiger partial charge in [-0.25, -0.2) is 4.98 Å². The quantitative estimate of drug-likeness (QED) is 0.407. The lowest BCUT2D eigenvalue weighted by Crippen LogP contribution is -2.11. The topological polar surface area (TPSA) is 37.3 Å². The van der Waals surface area contributed by atoms with Crippen LogP contribution in [-0.4, -0.2) is 10.7 Å². The third kappa shape index (κ3) is 4.51. The predicted molar refractivity (Wildman–Crippen MR) is 114 cm³/mol. The smallest absolute Gasteiger partial charge is 0.203 e. The number of benzene rings is 2. The van der Waals surface area contributed by atoms with E-state index < -0.39 is 0 Å². The molecule has 3 aromatic rings. The van der Waals surface area contributed by atoms with Gasteiger partial charge in [-0.15, -0.1) is 11.3 Å². The van der Waals surface area contributed by atoms with Crippen molar-refractivity contribution in [1.82, 2.24) is 4.98 Å². The van der Waals surface area contributed by atoms with Gasteiger partial charge in [0.1, 0.15) is 0 Å². The van der Waals surface area contributed by atoms with Crippen molar-refractivity contribution in [2.24, 2.45) is 5.10 Å². The maximum atomic E-state index is 5.93. The van der Waals surface area contributed by atoms with E-state index in [2.05, 4.69) is 60.5 Å². The highest BCUT2D eigenvalue weighted by Crippen LogP contribution is 2.26. The van der Waals surface area contributed by atoms with Crippen molar-refractivity contribution < 1.29 is 0 Å². The Labute approximate surface area is 163 Å². The second-order valence-corrected chi connectivity index (χ2v) is 8.48. The summed E-state index contributed by atoms with van der Waals surface area (Å²) in [5.74, 6) is 0. The van der Waals surface area contributed by atoms with Gasteiger partial charge < -0.3 is 0 Å². The first kappa shape index (κ1) is 18.6. The van der Waals surface area contributed by atoms with Crippen LogP contribution in [0.3, 0.4) is 0 Å². The zero-order valence-corrected chi connectivity index (χ0v) is 16.9. The summed E-state index contributed by atoms with van der Waals surface area (Å²) in [6.07, 6.45) is 0. The molecule has 1 N–H and O–H groups in total. The fourth-order valence-electron chi connectivity index (χ4n) is 2.49. The van der Waals surface area contributed by atoms with Crippen molar-refractivity contribution in [2.75, 3.05) is 5.43 Å². The molecule has 0 saturated carbocycles. The molecule has 134 valence electrons. The molecule has 0 fully saturated rings. The Bertz CT molecular complexity index is 904. The number of hydrazone groups is 1. The van der Waals surface area contributed by atoms with E-state index in [-0.39, 0.29) is 5.41 Å². The molecular formula is C21H22ClN3S. The molecule has 0 aliphatic rings. The molecule has 0 amide bonds. The maximum absolute atomic E-state index is 5.93. The molecule has 5 heteroatoms. The van der Waals surface area contributed by atoms with Crippen LogP contribution in [0.2, 0.25) is 5.02 Å². The first-order valence-electron chi connectivity index (χ1n) is 8.45. The van der Waals surface area contributed by atoms with Gasteiger partial charge in [0.05, 0.1) is 11.4 Å². The summed E-state index contributed by atoms with van der Waals surface area (Å²) in [6.45, 7) is 8.63. The van der Waals surface area contributed by atoms with Gasteiger partial charge in [-0.3, -0.25) is 5.43 Å². The van der Waals surface area contributed by atoms with E-state index in [0.717, 1.165) is 32.7 Å². The number of rotatable bonds is 4. The highest BCUT2D eigenvalue weighted by atomic mass is 35.5. The number of thiazole rings is 1. The van der Waals surface area contributed by atoms with Crippen LogP contribution >= 0.6 is 22.9 Å². The Morgan fingerprint density at radius 1 is 1.04 bits per heavy atom. The minimum Gasteiger partial charge on any atom is -0.252 e. The summed E-state index contributed by atoms with van der Waals surface area (Å²) in [5.41, 5.74) is 8.50. The van der Waals surface area contributed by atoms with Crippen LogP contribution in [-0.2, 0) is 5.41 Å². The van der Waals surface area contributed by atoms with E-state index in [1.54, 1.807) is 0 Å². The molecule has 0 bridgehead atoms. The second-order valence-electron chi connectivity index (χ2n) is 7.18. The Balaban J connectivity index is 1.70. The maximum Gasteiger partial charge on any atom is 0.203 e. The Morgan fingerprint density at radius 2 is 1.69 bits per heavy atom. The predicted octanol–water partition coefficient (Wildman–Crippen LogP) is 6.60. The molecule has 0 radical (unpaired) electrons. The minimum absolute atomic E-state index is 0.154. The number of halogens is 1. The molecule has 0 unspecified atom stereocenters. The SMILES string of the molecule is C/C(=N\Nc1nc(-c2ccc(Cl)cc2)cs1)c1ccc(C(C)(C)C)cc1. The molecule has 0 aliphatic carbocycles. The molecule has 2 aromatic carbocycles. The van der Waals surface area contributed by atoms with Gasteiger partial charge in [0, 0.05) is 16.0 Å². The molecule has 3 rings (SSSR count). The van der Waals surface area contributed by atoms with Crippen molar-refractivity contribution in [1.29, 1.82) is 0 Å². The van der Waals surface area contributed by atoms with Gasteiger partial charge in [0.2, 0.25) is 5.13 Å². The number of hydrogen-bond donors (Lipinski definition) is 1. The van der Waals surface area contributed by atoms with E-state index in [1.165, 1.54) is 16.9 Å². The van der Waals surface area contributed by atoms with Gasteiger partial charge in [-0.1, -0.05) is 68.8 Å². The van der Waals surface area contributed by atoms with Crippen LogP contribution in [0, 0.1) is 0 Å². The van der Waals surface area contributed by atoms with Gasteiger partial charge in [-0.05, 0) is 35.6 Å². The summed E-state index contributed by atoms with van der Waals surface area (Å²) >= 11 is 7.46. The highest BCUT2D eigenvalue weighted by Gasteiger charge is 2.13. The van der Waals surface area contributed by atoms with Crippen LogP contribution in [0.5, 0.6) is 0 Å². The number of aromatic nitrogens is 1. The number of nitrogens with one attached hydrogen (secondary N) is 1. The normalized spacial score (nSPS) is 12.3. The molecule has 0 saturated heterocycles. The lowest BCUT2D eigenvalue weighted by atomic mass is 9.86. The monoisotopic (exact) mass is 383 g/mol. The number of hydrogen-bond acceptors (Lipinski definition) is 4. The third-order valence-electron chi connectivity index (χ3n) is 4.13. The lowest BCUT2D eigenvalue weighted by molar-refractivity contribution is 0.590. The average Bonchev–Trinajstić information content (AvgIpc) is 3.08. The van der Waals surface area contributed by atoms with Crippen LogP contribution in [0.1, 0.15) is 38.8 Å². The van der Waals surface area contributed by atoms with Crippen LogP contribution in [0.25, 0.3) is 11.3 Å². The van der Waals surface area contributed by atoms with Gasteiger partial charge >= 0.3 is 0 Å². The van der Waals surface area contributed by atoms with Gasteiger partial charge in [0.25, 0.3) is 0 Å². The van der Waals surface area contributed by atoms with E-state index in [0.29, 0.717) is 0 Å². The van der Waals surface area contributed by atoms with Crippen molar-refractivity contribution in [3.8, 4) is 11.3 Å². The van der Waals surface area contributed by atoms with Crippen molar-refractivity contribution >= 4 is 33.8 Å². The molecule has 1 aromatic heterocycles. The van der Waals surface area contributed by atoms with Crippen molar-refractivity contribution in [3.63, 3.8) is 0 Å². The third-order valence-corrected chi connectivity index (χ3v) is 5.13. The molecule has 0 spiro atoms. The van der Waals surface area contributed by atoms with Crippen LogP contribution in [0.15, 0.2) is 59.0 Å². The van der Waals surface area contributed by atoms with E-state index in [9.17, 15) is 0 Å². The summed E-state index contributed by atoms with van der Waals surface area (Å²) in [5, 5.41) is 7.97. The first-order valence-corrected chi connectivity index (χ1v) is 9.71. The average molecular weight is 384 g/mol. The first-order chi connectivity index (χ1) is 12.3. The van der Waals surface area contributed by atoms with E-state index in [4.69, 9.17) is 11.6 Å². The largest absolute Gasteiger partial charge is 0.252 e. The zero-order chi connectivity index (χ0) is 18.7. The summed E-state index contributed by atoms with van der Waals surface area (Å²) < 4.78 is 0. The Morgan fingerprint density at radius 3 is 2.31 bits per heavy atom. The molecule has 3 nitrogen and oxygen atoms in total. The molecule has 1 heterocycles. The second kappa shape index (κ2) is 7.60. The lowest BCUT2D eigenvalue weighted by Gasteiger charge is -2.19. The fraction of sp³-hybridized carbons (Fsp3) is 0.238. The summed E-state index contributed by atoms with van der Waals surface area (Å²) in [7, 11) is 0. The van der Waals surface area contributed by atoms with Gasteiger partial charge in [-0.2, -0.15) is 5.10 Å². The minimum atomic E-state index is 0.154. The number of nitrogens with zero attached hydrogens (tertiary/aromatic N) is 2. The van der Waals surface area contributed by atoms with E-state index >= 15 is 0 Å². The van der Waals surface area contributed by atoms with Crippen LogP contribution < -0.4 is 5.43 Å². The van der Waals surface area contributed by atoms with Crippen molar-refractivity contribution in [3.05, 3.63) is 70.1 Å². The van der Waals surface area contributed by atoms with Crippen molar-refractivity contribution in [2.45, 2.75) is 33.1 Å². The summed E-state index contributed by atoms with van der Waals surface area (Å²) in [4.78, 5) is 4.58. The molecule has 26 heavy (non-hydrogen) atoms. The highest BCUT2D eigenvalue weighted by molar-refractivity contribution is 7.14. The molecule has 0 atom stereocenters. The van der Waals surface area contributed by atoms with Crippen LogP contribution in [0.4, 0.5) is 5.13 Å². The standard InChI is InChI=1S/C21H22ClN3S/c1-14(15-5-9-17(10-6-15)21(2,3)4)24-25-20-23-19(13-26-20)16-7-11-18(22)12-8-16/h5-13H,1-4H3,(H,23,25)/b24-14+. The molecule has 0 aliphatic heterocycles. The van der Waals surface area contributed by atoms with Gasteiger partial charge in [0.15, 0.2) is 0 Å². The Kier molecular flexibility index (Phi) is 5.44. The zero-order valence-electron chi connectivity index (χ0n) is 15.4.